The number of halogens is 1. The molecule has 0 saturated carbocycles. The Kier molecular flexibility index (Phi) is 5.46. The van der Waals surface area contributed by atoms with Gasteiger partial charge in [-0.2, -0.15) is 5.26 Å². The molecule has 1 amide bonds. The monoisotopic (exact) mass is 390 g/mol. The van der Waals surface area contributed by atoms with Gasteiger partial charge in [-0.25, -0.2) is 4.39 Å². The van der Waals surface area contributed by atoms with Crippen LogP contribution in [0.1, 0.15) is 53.1 Å². The van der Waals surface area contributed by atoms with E-state index in [9.17, 15) is 19.6 Å². The smallest absolute Gasteiger partial charge is 0.255 e. The number of rotatable bonds is 4. The summed E-state index contributed by atoms with van der Waals surface area (Å²) in [5, 5.41) is 19.6. The third-order valence-corrected chi connectivity index (χ3v) is 5.99. The molecule has 1 aliphatic carbocycles. The lowest BCUT2D eigenvalue weighted by Gasteiger charge is -2.51. The second-order valence-corrected chi connectivity index (χ2v) is 7.67. The van der Waals surface area contributed by atoms with Crippen LogP contribution in [0.25, 0.3) is 5.57 Å². The molecule has 148 valence electrons. The summed E-state index contributed by atoms with van der Waals surface area (Å²) < 4.78 is 13.5. The van der Waals surface area contributed by atoms with Crippen LogP contribution < -0.4 is 0 Å². The number of aliphatic hydroxyl groups excluding tert-OH is 1. The van der Waals surface area contributed by atoms with Crippen LogP contribution in [0.3, 0.4) is 0 Å². The summed E-state index contributed by atoms with van der Waals surface area (Å²) in [6.45, 7) is -0.253. The molecule has 5 heteroatoms. The first-order chi connectivity index (χ1) is 14.1. The summed E-state index contributed by atoms with van der Waals surface area (Å²) in [7, 11) is 0. The number of amides is 1. The fraction of sp³-hybridized carbons (Fsp3) is 0.333. The number of likely N-dealkylation sites (tertiary alicyclic amines) is 1. The van der Waals surface area contributed by atoms with Gasteiger partial charge < -0.3 is 10.0 Å². The average Bonchev–Trinajstić information content (AvgIpc) is 2.74. The minimum atomic E-state index is -0.692. The average molecular weight is 390 g/mol. The molecule has 2 aromatic carbocycles. The van der Waals surface area contributed by atoms with E-state index in [0.29, 0.717) is 0 Å². The predicted molar refractivity (Wildman–Crippen MR) is 108 cm³/mol. The van der Waals surface area contributed by atoms with Gasteiger partial charge in [0.15, 0.2) is 0 Å². The Hall–Kier alpha value is -2.97. The van der Waals surface area contributed by atoms with Crippen molar-refractivity contribution in [2.45, 2.75) is 43.7 Å². The van der Waals surface area contributed by atoms with Crippen LogP contribution in [0.15, 0.2) is 54.6 Å². The largest absolute Gasteiger partial charge is 0.394 e. The molecular weight excluding hydrogens is 367 g/mol. The first-order valence-electron chi connectivity index (χ1n) is 10.0. The van der Waals surface area contributed by atoms with Gasteiger partial charge in [-0.15, -0.1) is 0 Å². The van der Waals surface area contributed by atoms with Crippen molar-refractivity contribution in [1.29, 1.82) is 5.26 Å². The van der Waals surface area contributed by atoms with E-state index >= 15 is 0 Å². The second-order valence-electron chi connectivity index (χ2n) is 7.67. The van der Waals surface area contributed by atoms with Gasteiger partial charge >= 0.3 is 0 Å². The molecule has 2 aliphatic rings. The summed E-state index contributed by atoms with van der Waals surface area (Å²) in [5.41, 5.74) is 3.66. The quantitative estimate of drug-likeness (QED) is 0.848. The summed E-state index contributed by atoms with van der Waals surface area (Å²) >= 11 is 0. The molecule has 4 rings (SSSR count). The van der Waals surface area contributed by atoms with E-state index in [2.05, 4.69) is 24.3 Å². The van der Waals surface area contributed by atoms with E-state index in [-0.39, 0.29) is 18.1 Å². The highest BCUT2D eigenvalue weighted by Crippen LogP contribution is 2.41. The van der Waals surface area contributed by atoms with E-state index < -0.39 is 23.8 Å². The van der Waals surface area contributed by atoms with Crippen molar-refractivity contribution in [2.75, 3.05) is 6.61 Å². The lowest BCUT2D eigenvalue weighted by Crippen LogP contribution is -2.65. The zero-order valence-corrected chi connectivity index (χ0v) is 16.1. The normalized spacial score (nSPS) is 23.7. The Bertz CT molecular complexity index is 977. The molecule has 0 radical (unpaired) electrons. The molecule has 4 nitrogen and oxygen atoms in total. The van der Waals surface area contributed by atoms with Crippen molar-refractivity contribution in [1.82, 2.24) is 4.90 Å². The number of allylic oxidation sites excluding steroid dienone is 2. The first kappa shape index (κ1) is 19.4. The lowest BCUT2D eigenvalue weighted by atomic mass is 9.75. The van der Waals surface area contributed by atoms with Crippen LogP contribution in [0.5, 0.6) is 0 Å². The van der Waals surface area contributed by atoms with Gasteiger partial charge in [0, 0.05) is 11.5 Å². The standard InChI is InChI=1S/C24H23FN2O2/c25-20-8-4-7-19(13-20)24(29)27-21(14-26)23(22(27)15-28)18-11-9-17(10-12-18)16-5-2-1-3-6-16/h4-5,7-13,21-23,28H,1-3,6,15H2/t21-,22+,23-/m1/s1. The summed E-state index contributed by atoms with van der Waals surface area (Å²) in [4.78, 5) is 14.2. The minimum absolute atomic E-state index is 0.182. The van der Waals surface area contributed by atoms with Crippen LogP contribution in [0.2, 0.25) is 0 Å². The highest BCUT2D eigenvalue weighted by molar-refractivity contribution is 5.95. The topological polar surface area (TPSA) is 64.3 Å². The SMILES string of the molecule is N#C[C@@H]1[C@@H](c2ccc(C3=CCCCC3)cc2)[C@H](CO)N1C(=O)c1cccc(F)c1. The summed E-state index contributed by atoms with van der Waals surface area (Å²) in [6, 6.07) is 14.5. The number of nitrogens with zero attached hydrogens (tertiary/aromatic N) is 2. The van der Waals surface area contributed by atoms with Crippen molar-refractivity contribution >= 4 is 11.5 Å². The van der Waals surface area contributed by atoms with E-state index in [1.807, 2.05) is 12.1 Å². The van der Waals surface area contributed by atoms with Crippen LogP contribution >= 0.6 is 0 Å². The van der Waals surface area contributed by atoms with Crippen molar-refractivity contribution in [3.63, 3.8) is 0 Å². The number of nitriles is 1. The molecule has 0 unspecified atom stereocenters. The summed E-state index contributed by atoms with van der Waals surface area (Å²) in [5.74, 6) is -1.21. The maximum absolute atomic E-state index is 13.5. The third-order valence-electron chi connectivity index (χ3n) is 5.99. The fourth-order valence-corrected chi connectivity index (χ4v) is 4.48. The fourth-order valence-electron chi connectivity index (χ4n) is 4.48. The molecule has 1 N–H and O–H groups in total. The van der Waals surface area contributed by atoms with E-state index in [4.69, 9.17) is 0 Å². The molecule has 1 saturated heterocycles. The van der Waals surface area contributed by atoms with Gasteiger partial charge in [0.05, 0.1) is 18.7 Å². The lowest BCUT2D eigenvalue weighted by molar-refractivity contribution is -0.00588. The van der Waals surface area contributed by atoms with Crippen molar-refractivity contribution < 1.29 is 14.3 Å². The third kappa shape index (κ3) is 3.56. The van der Waals surface area contributed by atoms with Crippen molar-refractivity contribution in [2.24, 2.45) is 0 Å². The van der Waals surface area contributed by atoms with Crippen molar-refractivity contribution in [3.05, 3.63) is 77.1 Å². The molecule has 0 bridgehead atoms. The van der Waals surface area contributed by atoms with Crippen LogP contribution in [0.4, 0.5) is 4.39 Å². The van der Waals surface area contributed by atoms with E-state index in [1.165, 1.54) is 47.1 Å². The van der Waals surface area contributed by atoms with Crippen LogP contribution in [0, 0.1) is 17.1 Å². The number of carbonyl (C=O) groups excluding carboxylic acids is 1. The van der Waals surface area contributed by atoms with Crippen LogP contribution in [-0.2, 0) is 0 Å². The molecule has 1 heterocycles. The number of hydrogen-bond donors (Lipinski definition) is 1. The number of aliphatic hydroxyl groups is 1. The van der Waals surface area contributed by atoms with Crippen molar-refractivity contribution in [3.8, 4) is 6.07 Å². The zero-order valence-electron chi connectivity index (χ0n) is 16.1. The number of hydrogen-bond acceptors (Lipinski definition) is 3. The van der Waals surface area contributed by atoms with Gasteiger partial charge in [-0.1, -0.05) is 36.4 Å². The van der Waals surface area contributed by atoms with E-state index in [0.717, 1.165) is 24.5 Å². The highest BCUT2D eigenvalue weighted by atomic mass is 19.1. The maximum Gasteiger partial charge on any atom is 0.255 e. The van der Waals surface area contributed by atoms with Gasteiger partial charge in [-0.3, -0.25) is 4.79 Å². The Balaban J connectivity index is 1.57. The Morgan fingerprint density at radius 2 is 2.00 bits per heavy atom. The van der Waals surface area contributed by atoms with Gasteiger partial charge in [0.1, 0.15) is 11.9 Å². The van der Waals surface area contributed by atoms with Gasteiger partial charge in [0.25, 0.3) is 5.91 Å². The number of benzene rings is 2. The predicted octanol–water partition coefficient (Wildman–Crippen LogP) is 4.28. The van der Waals surface area contributed by atoms with Gasteiger partial charge in [-0.05, 0) is 60.6 Å². The molecule has 3 atom stereocenters. The molecule has 2 aromatic rings. The first-order valence-corrected chi connectivity index (χ1v) is 10.0. The van der Waals surface area contributed by atoms with Gasteiger partial charge in [0.2, 0.25) is 0 Å². The van der Waals surface area contributed by atoms with E-state index in [1.54, 1.807) is 0 Å². The molecule has 29 heavy (non-hydrogen) atoms. The molecule has 0 spiro atoms. The van der Waals surface area contributed by atoms with Crippen LogP contribution in [-0.4, -0.2) is 34.6 Å². The second kappa shape index (κ2) is 8.18. The summed E-state index contributed by atoms with van der Waals surface area (Å²) in [6.07, 6.45) is 6.92. The molecule has 0 aromatic heterocycles. The minimum Gasteiger partial charge on any atom is -0.394 e. The molecule has 1 aliphatic heterocycles. The number of carbonyl (C=O) groups is 1. The molecule has 1 fully saturated rings. The molecular formula is C24H23FN2O2. The zero-order chi connectivity index (χ0) is 20.4. The Morgan fingerprint density at radius 1 is 1.21 bits per heavy atom. The Morgan fingerprint density at radius 3 is 2.62 bits per heavy atom. The highest BCUT2D eigenvalue weighted by Gasteiger charge is 2.51. The maximum atomic E-state index is 13.5. The Labute approximate surface area is 169 Å².